The Balaban J connectivity index is 1.93. The van der Waals surface area contributed by atoms with Crippen molar-refractivity contribution >= 4 is 23.6 Å². The van der Waals surface area contributed by atoms with Gasteiger partial charge in [-0.15, -0.1) is 11.8 Å². The van der Waals surface area contributed by atoms with Gasteiger partial charge in [-0.3, -0.25) is 9.59 Å². The lowest BCUT2D eigenvalue weighted by Crippen LogP contribution is -2.48. The standard InChI is InChI=1S/C22H26N2O5S/c1-27-12-11-23-20(25)17-14-30-22(15-7-5-4-6-8-15)24(17)21(26)16-9-10-18(28-2)19(13-16)29-3/h4-10,13,17,22H,11-12,14H2,1-3H3,(H,23,25). The zero-order chi connectivity index (χ0) is 21.5. The lowest BCUT2D eigenvalue weighted by atomic mass is 10.1. The van der Waals surface area contributed by atoms with E-state index in [0.29, 0.717) is 36.0 Å². The molecule has 0 saturated carbocycles. The Morgan fingerprint density at radius 1 is 1.07 bits per heavy atom. The molecular formula is C22H26N2O5S. The van der Waals surface area contributed by atoms with Crippen LogP contribution in [-0.4, -0.2) is 63.0 Å². The van der Waals surface area contributed by atoms with E-state index < -0.39 is 6.04 Å². The fourth-order valence-electron chi connectivity index (χ4n) is 3.34. The van der Waals surface area contributed by atoms with Crippen molar-refractivity contribution < 1.29 is 23.8 Å². The first-order chi connectivity index (χ1) is 14.6. The maximum atomic E-state index is 13.6. The Morgan fingerprint density at radius 2 is 1.80 bits per heavy atom. The van der Waals surface area contributed by atoms with Gasteiger partial charge in [-0.25, -0.2) is 0 Å². The normalized spacial score (nSPS) is 18.2. The Morgan fingerprint density at radius 3 is 2.47 bits per heavy atom. The number of hydrogen-bond donors (Lipinski definition) is 1. The lowest BCUT2D eigenvalue weighted by Gasteiger charge is -2.29. The smallest absolute Gasteiger partial charge is 0.255 e. The third-order valence-corrected chi connectivity index (χ3v) is 6.18. The quantitative estimate of drug-likeness (QED) is 0.649. The van der Waals surface area contributed by atoms with E-state index in [4.69, 9.17) is 14.2 Å². The van der Waals surface area contributed by atoms with Crippen LogP contribution in [-0.2, 0) is 9.53 Å². The van der Waals surface area contributed by atoms with Crippen LogP contribution in [0.2, 0.25) is 0 Å². The van der Waals surface area contributed by atoms with Crippen molar-refractivity contribution in [1.29, 1.82) is 0 Å². The number of thioether (sulfide) groups is 1. The molecule has 1 saturated heterocycles. The molecule has 1 aliphatic rings. The molecule has 0 bridgehead atoms. The van der Waals surface area contributed by atoms with Gasteiger partial charge in [0.15, 0.2) is 11.5 Å². The van der Waals surface area contributed by atoms with Gasteiger partial charge in [0.1, 0.15) is 11.4 Å². The van der Waals surface area contributed by atoms with Crippen molar-refractivity contribution in [3.8, 4) is 11.5 Å². The molecule has 0 spiro atoms. The zero-order valence-corrected chi connectivity index (χ0v) is 18.1. The van der Waals surface area contributed by atoms with Gasteiger partial charge in [0, 0.05) is 25.0 Å². The number of ether oxygens (including phenoxy) is 3. The number of benzene rings is 2. The summed E-state index contributed by atoms with van der Waals surface area (Å²) < 4.78 is 15.6. The first-order valence-electron chi connectivity index (χ1n) is 9.58. The highest BCUT2D eigenvalue weighted by atomic mass is 32.2. The number of carbonyl (C=O) groups excluding carboxylic acids is 2. The van der Waals surface area contributed by atoms with Crippen molar-refractivity contribution in [2.75, 3.05) is 40.2 Å². The van der Waals surface area contributed by atoms with E-state index in [0.717, 1.165) is 5.56 Å². The van der Waals surface area contributed by atoms with Crippen LogP contribution >= 0.6 is 11.8 Å². The molecule has 160 valence electrons. The molecule has 30 heavy (non-hydrogen) atoms. The molecule has 2 amide bonds. The van der Waals surface area contributed by atoms with Crippen LogP contribution in [0.15, 0.2) is 48.5 Å². The van der Waals surface area contributed by atoms with Gasteiger partial charge in [0.05, 0.1) is 20.8 Å². The highest BCUT2D eigenvalue weighted by molar-refractivity contribution is 7.99. The Labute approximate surface area is 180 Å². The van der Waals surface area contributed by atoms with Gasteiger partial charge in [-0.1, -0.05) is 30.3 Å². The number of rotatable bonds is 8. The number of carbonyl (C=O) groups is 2. The summed E-state index contributed by atoms with van der Waals surface area (Å²) in [5.41, 5.74) is 1.41. The van der Waals surface area contributed by atoms with E-state index in [1.807, 2.05) is 30.3 Å². The zero-order valence-electron chi connectivity index (χ0n) is 17.3. The highest BCUT2D eigenvalue weighted by Gasteiger charge is 2.42. The second-order valence-electron chi connectivity index (χ2n) is 6.68. The largest absolute Gasteiger partial charge is 0.493 e. The van der Waals surface area contributed by atoms with E-state index >= 15 is 0 Å². The van der Waals surface area contributed by atoms with Crippen LogP contribution in [0.3, 0.4) is 0 Å². The first-order valence-corrected chi connectivity index (χ1v) is 10.6. The van der Waals surface area contributed by atoms with Gasteiger partial charge in [-0.2, -0.15) is 0 Å². The molecular weight excluding hydrogens is 404 g/mol. The molecule has 1 aliphatic heterocycles. The summed E-state index contributed by atoms with van der Waals surface area (Å²) in [6.07, 6.45) is 0. The maximum Gasteiger partial charge on any atom is 0.255 e. The summed E-state index contributed by atoms with van der Waals surface area (Å²) in [6, 6.07) is 14.2. The summed E-state index contributed by atoms with van der Waals surface area (Å²) in [7, 11) is 4.65. The molecule has 1 heterocycles. The van der Waals surface area contributed by atoms with Crippen LogP contribution < -0.4 is 14.8 Å². The molecule has 2 aromatic rings. The number of amides is 2. The maximum absolute atomic E-state index is 13.6. The monoisotopic (exact) mass is 430 g/mol. The van der Waals surface area contributed by atoms with E-state index in [1.54, 1.807) is 49.1 Å². The van der Waals surface area contributed by atoms with Crippen LogP contribution in [0.5, 0.6) is 11.5 Å². The number of methoxy groups -OCH3 is 3. The van der Waals surface area contributed by atoms with E-state index in [9.17, 15) is 9.59 Å². The molecule has 8 heteroatoms. The average molecular weight is 431 g/mol. The van der Waals surface area contributed by atoms with Crippen molar-refractivity contribution in [3.05, 3.63) is 59.7 Å². The van der Waals surface area contributed by atoms with Gasteiger partial charge in [0.25, 0.3) is 5.91 Å². The van der Waals surface area contributed by atoms with Crippen LogP contribution in [0.4, 0.5) is 0 Å². The van der Waals surface area contributed by atoms with Gasteiger partial charge in [0.2, 0.25) is 5.91 Å². The molecule has 1 fully saturated rings. The average Bonchev–Trinajstić information content (AvgIpc) is 3.24. The summed E-state index contributed by atoms with van der Waals surface area (Å²) in [4.78, 5) is 28.1. The molecule has 0 aliphatic carbocycles. The molecule has 0 aromatic heterocycles. The van der Waals surface area contributed by atoms with Gasteiger partial charge in [-0.05, 0) is 23.8 Å². The second kappa shape index (κ2) is 10.4. The van der Waals surface area contributed by atoms with Crippen molar-refractivity contribution in [2.45, 2.75) is 11.4 Å². The molecule has 0 radical (unpaired) electrons. The third kappa shape index (κ3) is 4.71. The molecule has 3 rings (SSSR count). The molecule has 1 N–H and O–H groups in total. The van der Waals surface area contributed by atoms with Crippen LogP contribution in [0.25, 0.3) is 0 Å². The molecule has 2 unspecified atom stereocenters. The SMILES string of the molecule is COCCNC(=O)C1CSC(c2ccccc2)N1C(=O)c1ccc(OC)c(OC)c1. The third-order valence-electron chi connectivity index (χ3n) is 4.86. The van der Waals surface area contributed by atoms with E-state index in [2.05, 4.69) is 5.32 Å². The van der Waals surface area contributed by atoms with Crippen LogP contribution in [0, 0.1) is 0 Å². The first kappa shape index (κ1) is 22.0. The number of nitrogens with one attached hydrogen (secondary N) is 1. The topological polar surface area (TPSA) is 77.1 Å². The van der Waals surface area contributed by atoms with Crippen molar-refractivity contribution in [2.24, 2.45) is 0 Å². The summed E-state index contributed by atoms with van der Waals surface area (Å²) in [6.45, 7) is 0.808. The second-order valence-corrected chi connectivity index (χ2v) is 7.79. The van der Waals surface area contributed by atoms with E-state index in [1.165, 1.54) is 7.11 Å². The Bertz CT molecular complexity index is 877. The predicted octanol–water partition coefficient (Wildman–Crippen LogP) is 2.72. The number of nitrogens with zero attached hydrogens (tertiary/aromatic N) is 1. The molecule has 7 nitrogen and oxygen atoms in total. The highest BCUT2D eigenvalue weighted by Crippen LogP contribution is 2.42. The minimum absolute atomic E-state index is 0.188. The van der Waals surface area contributed by atoms with Crippen LogP contribution in [0.1, 0.15) is 21.3 Å². The Hall–Kier alpha value is -2.71. The van der Waals surface area contributed by atoms with Crippen molar-refractivity contribution in [1.82, 2.24) is 10.2 Å². The summed E-state index contributed by atoms with van der Waals surface area (Å²) in [5.74, 6) is 1.09. The summed E-state index contributed by atoms with van der Waals surface area (Å²) in [5, 5.41) is 2.60. The summed E-state index contributed by atoms with van der Waals surface area (Å²) >= 11 is 1.58. The lowest BCUT2D eigenvalue weighted by molar-refractivity contribution is -0.125. The molecule has 2 atom stereocenters. The van der Waals surface area contributed by atoms with Gasteiger partial charge >= 0.3 is 0 Å². The molecule has 2 aromatic carbocycles. The fraction of sp³-hybridized carbons (Fsp3) is 0.364. The van der Waals surface area contributed by atoms with E-state index in [-0.39, 0.29) is 17.2 Å². The fourth-order valence-corrected chi connectivity index (χ4v) is 4.77. The minimum Gasteiger partial charge on any atom is -0.493 e. The predicted molar refractivity (Wildman–Crippen MR) is 116 cm³/mol. The Kier molecular flexibility index (Phi) is 7.59. The number of hydrogen-bond acceptors (Lipinski definition) is 6. The van der Waals surface area contributed by atoms with Crippen molar-refractivity contribution in [3.63, 3.8) is 0 Å². The van der Waals surface area contributed by atoms with Gasteiger partial charge < -0.3 is 24.4 Å². The minimum atomic E-state index is -0.586.